The van der Waals surface area contributed by atoms with Crippen molar-refractivity contribution in [2.45, 2.75) is 12.5 Å². The van der Waals surface area contributed by atoms with Crippen molar-refractivity contribution in [2.75, 3.05) is 26.4 Å². The molecule has 2 aromatic carbocycles. The van der Waals surface area contributed by atoms with Crippen LogP contribution in [0.15, 0.2) is 42.5 Å². The summed E-state index contributed by atoms with van der Waals surface area (Å²) in [5.74, 6) is 0.00811. The van der Waals surface area contributed by atoms with Gasteiger partial charge >= 0.3 is 0 Å². The Bertz CT molecular complexity index is 910. The lowest BCUT2D eigenvalue weighted by Gasteiger charge is -2.23. The Morgan fingerprint density at radius 1 is 1.16 bits per heavy atom. The molecule has 1 saturated heterocycles. The minimum atomic E-state index is -0.0433. The molecule has 4 rings (SSSR count). The van der Waals surface area contributed by atoms with Crippen LogP contribution < -0.4 is 5.32 Å². The van der Waals surface area contributed by atoms with E-state index in [4.69, 9.17) is 9.47 Å². The molecule has 1 unspecified atom stereocenters. The molecule has 2 heterocycles. The van der Waals surface area contributed by atoms with Gasteiger partial charge in [0.1, 0.15) is 0 Å². The highest BCUT2D eigenvalue weighted by atomic mass is 16.6. The SMILES string of the molecule is Cn1c2ccccc2c2cc(CC(=O)NCC3COCCO3)ccc21. The van der Waals surface area contributed by atoms with Crippen molar-refractivity contribution >= 4 is 27.7 Å². The van der Waals surface area contributed by atoms with Gasteiger partial charge in [0, 0.05) is 35.4 Å². The fourth-order valence-electron chi connectivity index (χ4n) is 3.46. The number of rotatable bonds is 4. The van der Waals surface area contributed by atoms with Gasteiger partial charge in [0.05, 0.1) is 32.3 Å². The molecule has 5 heteroatoms. The number of fused-ring (bicyclic) bond motifs is 3. The molecule has 0 spiro atoms. The van der Waals surface area contributed by atoms with Crippen LogP contribution in [0.5, 0.6) is 0 Å². The second-order valence-corrected chi connectivity index (χ2v) is 6.48. The fourth-order valence-corrected chi connectivity index (χ4v) is 3.46. The van der Waals surface area contributed by atoms with E-state index in [1.807, 2.05) is 18.2 Å². The predicted molar refractivity (Wildman–Crippen MR) is 97.7 cm³/mol. The Balaban J connectivity index is 1.49. The van der Waals surface area contributed by atoms with Crippen LogP contribution >= 0.6 is 0 Å². The summed E-state index contributed by atoms with van der Waals surface area (Å²) in [6, 6.07) is 14.6. The van der Waals surface area contributed by atoms with E-state index in [9.17, 15) is 4.79 Å². The van der Waals surface area contributed by atoms with Crippen LogP contribution in [-0.2, 0) is 27.7 Å². The lowest BCUT2D eigenvalue weighted by molar-refractivity contribution is -0.123. The number of amides is 1. The summed E-state index contributed by atoms with van der Waals surface area (Å²) in [6.07, 6.45) is 0.325. The topological polar surface area (TPSA) is 52.5 Å². The van der Waals surface area contributed by atoms with E-state index in [1.165, 1.54) is 21.8 Å². The van der Waals surface area contributed by atoms with Crippen LogP contribution in [0, 0.1) is 0 Å². The Morgan fingerprint density at radius 3 is 2.84 bits per heavy atom. The van der Waals surface area contributed by atoms with E-state index in [2.05, 4.69) is 41.2 Å². The summed E-state index contributed by atoms with van der Waals surface area (Å²) in [5.41, 5.74) is 3.40. The molecular formula is C20H22N2O3. The lowest BCUT2D eigenvalue weighted by Crippen LogP contribution is -2.40. The normalized spacial score (nSPS) is 17.9. The van der Waals surface area contributed by atoms with Crippen LogP contribution in [0.3, 0.4) is 0 Å². The molecule has 1 aliphatic heterocycles. The van der Waals surface area contributed by atoms with Gasteiger partial charge < -0.3 is 19.4 Å². The van der Waals surface area contributed by atoms with Crippen molar-refractivity contribution in [2.24, 2.45) is 7.05 Å². The number of aryl methyl sites for hydroxylation is 1. The summed E-state index contributed by atoms with van der Waals surface area (Å²) in [6.45, 7) is 2.27. The molecule has 1 aliphatic rings. The molecule has 1 aromatic heterocycles. The van der Waals surface area contributed by atoms with E-state index < -0.39 is 0 Å². The Labute approximate surface area is 146 Å². The number of hydrogen-bond donors (Lipinski definition) is 1. The molecule has 1 atom stereocenters. The second kappa shape index (κ2) is 6.86. The van der Waals surface area contributed by atoms with Gasteiger partial charge in [-0.15, -0.1) is 0 Å². The zero-order valence-corrected chi connectivity index (χ0v) is 14.3. The van der Waals surface area contributed by atoms with Crippen molar-refractivity contribution in [3.63, 3.8) is 0 Å². The molecule has 25 heavy (non-hydrogen) atoms. The minimum absolute atomic E-state index is 0.00811. The van der Waals surface area contributed by atoms with Crippen molar-refractivity contribution < 1.29 is 14.3 Å². The first-order chi connectivity index (χ1) is 12.2. The van der Waals surface area contributed by atoms with Gasteiger partial charge in [-0.05, 0) is 23.8 Å². The highest BCUT2D eigenvalue weighted by Gasteiger charge is 2.15. The quantitative estimate of drug-likeness (QED) is 0.795. The summed E-state index contributed by atoms with van der Waals surface area (Å²) in [4.78, 5) is 12.2. The first-order valence-electron chi connectivity index (χ1n) is 8.64. The molecule has 0 radical (unpaired) electrons. The lowest BCUT2D eigenvalue weighted by atomic mass is 10.1. The molecule has 1 amide bonds. The number of nitrogens with one attached hydrogen (secondary N) is 1. The largest absolute Gasteiger partial charge is 0.376 e. The smallest absolute Gasteiger partial charge is 0.224 e. The molecule has 1 fully saturated rings. The molecule has 5 nitrogen and oxygen atoms in total. The average molecular weight is 338 g/mol. The monoisotopic (exact) mass is 338 g/mol. The molecule has 0 saturated carbocycles. The van der Waals surface area contributed by atoms with E-state index in [0.29, 0.717) is 32.8 Å². The summed E-state index contributed by atoms with van der Waals surface area (Å²) < 4.78 is 13.1. The van der Waals surface area contributed by atoms with Crippen LogP contribution in [0.4, 0.5) is 0 Å². The van der Waals surface area contributed by atoms with Crippen molar-refractivity contribution in [3.05, 3.63) is 48.0 Å². The van der Waals surface area contributed by atoms with Crippen LogP contribution in [0.1, 0.15) is 5.56 Å². The number of aromatic nitrogens is 1. The van der Waals surface area contributed by atoms with E-state index in [-0.39, 0.29) is 12.0 Å². The number of carbonyl (C=O) groups is 1. The number of hydrogen-bond acceptors (Lipinski definition) is 3. The molecule has 3 aromatic rings. The van der Waals surface area contributed by atoms with E-state index in [1.54, 1.807) is 0 Å². The standard InChI is InChI=1S/C20H22N2O3/c1-22-18-5-3-2-4-16(18)17-10-14(6-7-19(17)22)11-20(23)21-12-15-13-24-8-9-25-15/h2-7,10,15H,8-9,11-13H2,1H3,(H,21,23). The number of para-hydroxylation sites is 1. The van der Waals surface area contributed by atoms with Crippen LogP contribution in [-0.4, -0.2) is 42.9 Å². The van der Waals surface area contributed by atoms with E-state index in [0.717, 1.165) is 5.56 Å². The zero-order chi connectivity index (χ0) is 17.2. The minimum Gasteiger partial charge on any atom is -0.376 e. The Kier molecular flexibility index (Phi) is 4.42. The number of nitrogens with zero attached hydrogens (tertiary/aromatic N) is 1. The average Bonchev–Trinajstić information content (AvgIpc) is 2.93. The van der Waals surface area contributed by atoms with Crippen LogP contribution in [0.25, 0.3) is 21.8 Å². The number of ether oxygens (including phenoxy) is 2. The van der Waals surface area contributed by atoms with Crippen molar-refractivity contribution in [1.82, 2.24) is 9.88 Å². The maximum Gasteiger partial charge on any atom is 0.224 e. The third kappa shape index (κ3) is 3.25. The first kappa shape index (κ1) is 16.1. The third-order valence-electron chi connectivity index (χ3n) is 4.75. The molecule has 0 aliphatic carbocycles. The molecule has 130 valence electrons. The second-order valence-electron chi connectivity index (χ2n) is 6.48. The molecule has 0 bridgehead atoms. The molecular weight excluding hydrogens is 316 g/mol. The fraction of sp³-hybridized carbons (Fsp3) is 0.350. The van der Waals surface area contributed by atoms with E-state index >= 15 is 0 Å². The van der Waals surface area contributed by atoms with Gasteiger partial charge in [-0.1, -0.05) is 24.3 Å². The highest BCUT2D eigenvalue weighted by molar-refractivity contribution is 6.08. The summed E-state index contributed by atoms with van der Waals surface area (Å²) in [7, 11) is 2.07. The highest BCUT2D eigenvalue weighted by Crippen LogP contribution is 2.28. The van der Waals surface area contributed by atoms with Gasteiger partial charge in [0.25, 0.3) is 0 Å². The summed E-state index contributed by atoms with van der Waals surface area (Å²) >= 11 is 0. The maximum absolute atomic E-state index is 12.2. The summed E-state index contributed by atoms with van der Waals surface area (Å²) in [5, 5.41) is 5.35. The zero-order valence-electron chi connectivity index (χ0n) is 14.3. The third-order valence-corrected chi connectivity index (χ3v) is 4.75. The van der Waals surface area contributed by atoms with Gasteiger partial charge in [-0.3, -0.25) is 4.79 Å². The maximum atomic E-state index is 12.2. The Hall–Kier alpha value is -2.37. The van der Waals surface area contributed by atoms with Gasteiger partial charge in [0.2, 0.25) is 5.91 Å². The van der Waals surface area contributed by atoms with Crippen molar-refractivity contribution in [3.8, 4) is 0 Å². The van der Waals surface area contributed by atoms with Gasteiger partial charge in [-0.25, -0.2) is 0 Å². The van der Waals surface area contributed by atoms with Crippen molar-refractivity contribution in [1.29, 1.82) is 0 Å². The Morgan fingerprint density at radius 2 is 2.00 bits per heavy atom. The number of carbonyl (C=O) groups excluding carboxylic acids is 1. The number of benzene rings is 2. The van der Waals surface area contributed by atoms with Gasteiger partial charge in [0.15, 0.2) is 0 Å². The molecule has 1 N–H and O–H groups in total. The van der Waals surface area contributed by atoms with Crippen LogP contribution in [0.2, 0.25) is 0 Å². The first-order valence-corrected chi connectivity index (χ1v) is 8.64. The van der Waals surface area contributed by atoms with Gasteiger partial charge in [-0.2, -0.15) is 0 Å². The predicted octanol–water partition coefficient (Wildman–Crippen LogP) is 2.41.